The van der Waals surface area contributed by atoms with Crippen molar-refractivity contribution in [3.63, 3.8) is 0 Å². The maximum absolute atomic E-state index is 12.2. The number of ether oxygens (including phenoxy) is 1. The van der Waals surface area contributed by atoms with Gasteiger partial charge in [-0.1, -0.05) is 0 Å². The smallest absolute Gasteiger partial charge is 0.410 e. The molecule has 0 radical (unpaired) electrons. The molecule has 3 rings (SSSR count). The van der Waals surface area contributed by atoms with Crippen LogP contribution in [0.4, 0.5) is 4.79 Å². The van der Waals surface area contributed by atoms with Crippen LogP contribution in [0.3, 0.4) is 0 Å². The molecular formula is C15H18N2O6. The van der Waals surface area contributed by atoms with Gasteiger partial charge in [0.15, 0.2) is 0 Å². The van der Waals surface area contributed by atoms with Crippen molar-refractivity contribution in [3.8, 4) is 0 Å². The number of rotatable bonds is 1. The molecule has 1 aromatic rings. The molecule has 2 amide bonds. The minimum atomic E-state index is -1.20. The van der Waals surface area contributed by atoms with Gasteiger partial charge in [-0.2, -0.15) is 0 Å². The number of amides is 2. The lowest BCUT2D eigenvalue weighted by Gasteiger charge is -2.51. The molecule has 124 valence electrons. The van der Waals surface area contributed by atoms with Crippen LogP contribution >= 0.6 is 0 Å². The highest BCUT2D eigenvalue weighted by Gasteiger charge is 2.52. The van der Waals surface area contributed by atoms with E-state index in [-0.39, 0.29) is 11.1 Å². The van der Waals surface area contributed by atoms with Crippen molar-refractivity contribution in [1.29, 1.82) is 0 Å². The SMILES string of the molecule is CC(C)(C)OC(=O)N1CC2(Cc3occ(C(=O)O)c3C(=O)N2)C1. The van der Waals surface area contributed by atoms with Gasteiger partial charge in [0.1, 0.15) is 23.2 Å². The first-order valence-electron chi connectivity index (χ1n) is 7.24. The van der Waals surface area contributed by atoms with Crippen molar-refractivity contribution >= 4 is 18.0 Å². The van der Waals surface area contributed by atoms with E-state index in [9.17, 15) is 14.4 Å². The third kappa shape index (κ3) is 2.64. The van der Waals surface area contributed by atoms with Gasteiger partial charge in [-0.25, -0.2) is 9.59 Å². The molecule has 1 saturated heterocycles. The average Bonchev–Trinajstić information content (AvgIpc) is 2.77. The molecule has 8 heteroatoms. The Hall–Kier alpha value is -2.51. The molecule has 0 atom stereocenters. The molecule has 3 heterocycles. The van der Waals surface area contributed by atoms with Gasteiger partial charge in [0.05, 0.1) is 11.1 Å². The number of nitrogens with zero attached hydrogens (tertiary/aromatic N) is 1. The molecule has 0 unspecified atom stereocenters. The number of carbonyl (C=O) groups excluding carboxylic acids is 2. The monoisotopic (exact) mass is 322 g/mol. The second-order valence-electron chi connectivity index (χ2n) is 7.00. The number of hydrogen-bond acceptors (Lipinski definition) is 5. The first-order valence-corrected chi connectivity index (χ1v) is 7.24. The highest BCUT2D eigenvalue weighted by atomic mass is 16.6. The Morgan fingerprint density at radius 1 is 1.39 bits per heavy atom. The van der Waals surface area contributed by atoms with Crippen LogP contribution in [0.1, 0.15) is 47.2 Å². The van der Waals surface area contributed by atoms with Gasteiger partial charge < -0.3 is 24.5 Å². The number of furan rings is 1. The molecule has 2 aliphatic heterocycles. The molecule has 23 heavy (non-hydrogen) atoms. The van der Waals surface area contributed by atoms with E-state index in [2.05, 4.69) is 5.32 Å². The Kier molecular flexibility index (Phi) is 3.17. The van der Waals surface area contributed by atoms with Gasteiger partial charge in [-0.15, -0.1) is 0 Å². The van der Waals surface area contributed by atoms with Crippen molar-refractivity contribution in [2.45, 2.75) is 38.3 Å². The summed E-state index contributed by atoms with van der Waals surface area (Å²) >= 11 is 0. The Labute approximate surface area is 132 Å². The molecule has 2 aliphatic rings. The van der Waals surface area contributed by atoms with Crippen LogP contribution in [0.15, 0.2) is 10.7 Å². The minimum absolute atomic E-state index is 0.0684. The highest BCUT2D eigenvalue weighted by Crippen LogP contribution is 2.34. The normalized spacial score (nSPS) is 18.9. The van der Waals surface area contributed by atoms with Gasteiger partial charge in [0.2, 0.25) is 0 Å². The summed E-state index contributed by atoms with van der Waals surface area (Å²) in [5, 5.41) is 11.9. The molecule has 0 aliphatic carbocycles. The average molecular weight is 322 g/mol. The van der Waals surface area contributed by atoms with E-state index in [0.717, 1.165) is 6.26 Å². The van der Waals surface area contributed by atoms with E-state index < -0.39 is 29.1 Å². The van der Waals surface area contributed by atoms with Gasteiger partial charge in [-0.3, -0.25) is 4.79 Å². The minimum Gasteiger partial charge on any atom is -0.478 e. The van der Waals surface area contributed by atoms with Crippen molar-refractivity contribution in [2.75, 3.05) is 13.1 Å². The van der Waals surface area contributed by atoms with Crippen LogP contribution in [-0.4, -0.2) is 52.2 Å². The lowest BCUT2D eigenvalue weighted by Crippen LogP contribution is -2.73. The largest absolute Gasteiger partial charge is 0.478 e. The first-order chi connectivity index (χ1) is 10.6. The van der Waals surface area contributed by atoms with Crippen molar-refractivity contribution in [2.24, 2.45) is 0 Å². The van der Waals surface area contributed by atoms with E-state index in [1.807, 2.05) is 0 Å². The second-order valence-corrected chi connectivity index (χ2v) is 7.00. The maximum atomic E-state index is 12.2. The molecule has 1 spiro atoms. The summed E-state index contributed by atoms with van der Waals surface area (Å²) in [7, 11) is 0. The summed E-state index contributed by atoms with van der Waals surface area (Å²) in [6.45, 7) is 5.95. The summed E-state index contributed by atoms with van der Waals surface area (Å²) in [5.74, 6) is -1.35. The van der Waals surface area contributed by atoms with E-state index in [1.165, 1.54) is 4.90 Å². The first kappa shape index (κ1) is 15.4. The van der Waals surface area contributed by atoms with Gasteiger partial charge >= 0.3 is 12.1 Å². The van der Waals surface area contributed by atoms with Crippen LogP contribution in [0.2, 0.25) is 0 Å². The molecule has 1 fully saturated rings. The number of carboxylic acid groups (broad SMARTS) is 1. The third-order valence-corrected chi connectivity index (χ3v) is 3.84. The zero-order valence-corrected chi connectivity index (χ0v) is 13.1. The highest BCUT2D eigenvalue weighted by molar-refractivity contribution is 6.06. The van der Waals surface area contributed by atoms with E-state index >= 15 is 0 Å². The van der Waals surface area contributed by atoms with Crippen LogP contribution in [0.25, 0.3) is 0 Å². The van der Waals surface area contributed by atoms with E-state index in [4.69, 9.17) is 14.3 Å². The molecule has 0 saturated carbocycles. The fraction of sp³-hybridized carbons (Fsp3) is 0.533. The second kappa shape index (κ2) is 4.74. The zero-order valence-electron chi connectivity index (χ0n) is 13.1. The Balaban J connectivity index is 1.72. The number of carboxylic acids is 1. The van der Waals surface area contributed by atoms with Crippen LogP contribution < -0.4 is 5.32 Å². The Morgan fingerprint density at radius 2 is 2.04 bits per heavy atom. The molecule has 1 aromatic heterocycles. The standard InChI is InChI=1S/C15H18N2O6/c1-14(2,3)23-13(21)17-6-15(7-17)4-9-10(11(18)16-15)8(5-22-9)12(19)20/h5H,4,6-7H2,1-3H3,(H,16,18)(H,19,20). The third-order valence-electron chi connectivity index (χ3n) is 3.84. The topological polar surface area (TPSA) is 109 Å². The number of fused-ring (bicyclic) bond motifs is 1. The molecular weight excluding hydrogens is 304 g/mol. The predicted molar refractivity (Wildman–Crippen MR) is 77.4 cm³/mol. The number of nitrogens with one attached hydrogen (secondary N) is 1. The fourth-order valence-electron chi connectivity index (χ4n) is 2.92. The van der Waals surface area contributed by atoms with Gasteiger partial charge in [-0.05, 0) is 20.8 Å². The fourth-order valence-corrected chi connectivity index (χ4v) is 2.92. The summed E-state index contributed by atoms with van der Waals surface area (Å²) in [6, 6.07) is 0. The van der Waals surface area contributed by atoms with Crippen molar-refractivity contribution in [1.82, 2.24) is 10.2 Å². The summed E-state index contributed by atoms with van der Waals surface area (Å²) in [5.41, 5.74) is -1.27. The summed E-state index contributed by atoms with van der Waals surface area (Å²) in [6.07, 6.45) is 0.991. The summed E-state index contributed by atoms with van der Waals surface area (Å²) < 4.78 is 10.5. The molecule has 8 nitrogen and oxygen atoms in total. The molecule has 0 aromatic carbocycles. The van der Waals surface area contributed by atoms with Crippen LogP contribution in [-0.2, 0) is 11.2 Å². The van der Waals surface area contributed by atoms with Gasteiger partial charge in [0.25, 0.3) is 5.91 Å². The van der Waals surface area contributed by atoms with Crippen molar-refractivity contribution in [3.05, 3.63) is 23.2 Å². The predicted octanol–water partition coefficient (Wildman–Crippen LogP) is 1.25. The number of aromatic carboxylic acids is 1. The Morgan fingerprint density at radius 3 is 2.61 bits per heavy atom. The lowest BCUT2D eigenvalue weighted by molar-refractivity contribution is -0.0179. The number of hydrogen-bond donors (Lipinski definition) is 2. The number of likely N-dealkylation sites (tertiary alicyclic amines) is 1. The maximum Gasteiger partial charge on any atom is 0.410 e. The molecule has 0 bridgehead atoms. The Bertz CT molecular complexity index is 693. The van der Waals surface area contributed by atoms with Gasteiger partial charge in [0, 0.05) is 19.5 Å². The quantitative estimate of drug-likeness (QED) is 0.805. The lowest BCUT2D eigenvalue weighted by atomic mass is 9.81. The molecule has 2 N–H and O–H groups in total. The van der Waals surface area contributed by atoms with E-state index in [1.54, 1.807) is 20.8 Å². The zero-order chi connectivity index (χ0) is 17.0. The van der Waals surface area contributed by atoms with Crippen LogP contribution in [0, 0.1) is 0 Å². The van der Waals surface area contributed by atoms with Crippen LogP contribution in [0.5, 0.6) is 0 Å². The van der Waals surface area contributed by atoms with E-state index in [0.29, 0.717) is 25.3 Å². The summed E-state index contributed by atoms with van der Waals surface area (Å²) in [4.78, 5) is 36.8. The number of carbonyl (C=O) groups is 3. The van der Waals surface area contributed by atoms with Crippen molar-refractivity contribution < 1.29 is 28.6 Å².